The van der Waals surface area contributed by atoms with E-state index in [1.165, 1.54) is 13.0 Å². The highest BCUT2D eigenvalue weighted by Crippen LogP contribution is 2.38. The predicted octanol–water partition coefficient (Wildman–Crippen LogP) is 4.26. The van der Waals surface area contributed by atoms with Crippen LogP contribution in [0.1, 0.15) is 20.8 Å². The van der Waals surface area contributed by atoms with Crippen molar-refractivity contribution in [1.82, 2.24) is 19.9 Å². The number of rotatable bonds is 6. The minimum Gasteiger partial charge on any atom is -0.479 e. The van der Waals surface area contributed by atoms with E-state index in [0.29, 0.717) is 46.4 Å². The van der Waals surface area contributed by atoms with Crippen molar-refractivity contribution in [2.75, 3.05) is 23.5 Å². The molecule has 0 spiro atoms. The van der Waals surface area contributed by atoms with Gasteiger partial charge in [0.15, 0.2) is 20.6 Å². The van der Waals surface area contributed by atoms with Gasteiger partial charge in [0.25, 0.3) is 5.88 Å². The summed E-state index contributed by atoms with van der Waals surface area (Å²) in [5, 5.41) is 5.73. The predicted molar refractivity (Wildman–Crippen MR) is 146 cm³/mol. The van der Waals surface area contributed by atoms with Gasteiger partial charge >= 0.3 is 0 Å². The van der Waals surface area contributed by atoms with Gasteiger partial charge in [0.05, 0.1) is 17.1 Å². The van der Waals surface area contributed by atoms with Crippen LogP contribution < -0.4 is 20.1 Å². The zero-order valence-electron chi connectivity index (χ0n) is 21.7. The fourth-order valence-corrected chi connectivity index (χ4v) is 4.52. The highest BCUT2D eigenvalue weighted by molar-refractivity contribution is 7.90. The summed E-state index contributed by atoms with van der Waals surface area (Å²) < 4.78 is 36.7. The molecule has 0 aliphatic carbocycles. The van der Waals surface area contributed by atoms with Gasteiger partial charge in [-0.1, -0.05) is 6.07 Å². The van der Waals surface area contributed by atoms with Gasteiger partial charge in [0.2, 0.25) is 5.91 Å². The van der Waals surface area contributed by atoms with Gasteiger partial charge in [0.1, 0.15) is 23.8 Å². The third-order valence-corrected chi connectivity index (χ3v) is 6.63. The molecule has 0 saturated carbocycles. The van der Waals surface area contributed by atoms with E-state index >= 15 is 0 Å². The zero-order valence-corrected chi connectivity index (χ0v) is 22.5. The normalized spacial score (nSPS) is 13.9. The average molecular weight is 547 g/mol. The Bertz CT molecular complexity index is 1680. The topological polar surface area (TPSA) is 145 Å². The van der Waals surface area contributed by atoms with Crippen LogP contribution in [0.5, 0.6) is 11.6 Å². The Morgan fingerprint density at radius 1 is 1.00 bits per heavy atom. The molecule has 5 heterocycles. The zero-order chi connectivity index (χ0) is 27.8. The summed E-state index contributed by atoms with van der Waals surface area (Å²) in [6.45, 7) is 5.56. The molecule has 0 unspecified atom stereocenters. The lowest BCUT2D eigenvalue weighted by Crippen LogP contribution is -2.39. The highest BCUT2D eigenvalue weighted by atomic mass is 32.2. The molecule has 5 rings (SSSR count). The number of hydrogen-bond donors (Lipinski definition) is 2. The molecule has 0 radical (unpaired) electrons. The van der Waals surface area contributed by atoms with Crippen LogP contribution in [-0.2, 0) is 14.6 Å². The second kappa shape index (κ2) is 9.95. The largest absolute Gasteiger partial charge is 0.479 e. The Balaban J connectivity index is 1.61. The molecule has 0 aromatic carbocycles. The van der Waals surface area contributed by atoms with Crippen molar-refractivity contribution < 1.29 is 22.7 Å². The summed E-state index contributed by atoms with van der Waals surface area (Å²) in [5.74, 6) is 1.11. The molecule has 0 fully saturated rings. The molecule has 1 aliphatic rings. The quantitative estimate of drug-likeness (QED) is 0.360. The lowest BCUT2D eigenvalue weighted by Gasteiger charge is -2.31. The number of anilines is 3. The van der Waals surface area contributed by atoms with Crippen molar-refractivity contribution in [3.05, 3.63) is 60.9 Å². The maximum atomic E-state index is 12.5. The maximum absolute atomic E-state index is 12.5. The van der Waals surface area contributed by atoms with Gasteiger partial charge in [0, 0.05) is 42.8 Å². The summed E-state index contributed by atoms with van der Waals surface area (Å²) in [6, 6.07) is 13.7. The molecule has 0 bridgehead atoms. The number of carbonyl (C=O) groups is 1. The highest BCUT2D eigenvalue weighted by Gasteiger charge is 2.29. The summed E-state index contributed by atoms with van der Waals surface area (Å²) in [4.78, 5) is 29.4. The summed E-state index contributed by atoms with van der Waals surface area (Å²) in [6.07, 6.45) is 4.27. The van der Waals surface area contributed by atoms with Gasteiger partial charge in [-0.2, -0.15) is 0 Å². The fourth-order valence-electron chi connectivity index (χ4n) is 3.92. The van der Waals surface area contributed by atoms with Crippen molar-refractivity contribution in [3.63, 3.8) is 0 Å². The molecule has 4 aromatic rings. The molecule has 39 heavy (non-hydrogen) atoms. The van der Waals surface area contributed by atoms with Gasteiger partial charge < -0.3 is 20.1 Å². The Kier molecular flexibility index (Phi) is 6.64. The number of aromatic nitrogens is 4. The SMILES string of the molecule is CC(=O)Nc1cc(Nc2cc(-c3ccccn3)cc(S(C)(=O)=O)n2)c(-c2ccc3c(n2)OCC(C)(C)O3)cn1. The van der Waals surface area contributed by atoms with Crippen molar-refractivity contribution >= 4 is 33.1 Å². The van der Waals surface area contributed by atoms with Crippen LogP contribution in [0.15, 0.2) is 66.0 Å². The molecule has 11 nitrogen and oxygen atoms in total. The summed E-state index contributed by atoms with van der Waals surface area (Å²) in [5.41, 5.74) is 2.22. The van der Waals surface area contributed by atoms with E-state index in [9.17, 15) is 13.2 Å². The lowest BCUT2D eigenvalue weighted by atomic mass is 10.1. The van der Waals surface area contributed by atoms with Gasteiger partial charge in [-0.3, -0.25) is 9.78 Å². The van der Waals surface area contributed by atoms with E-state index in [-0.39, 0.29) is 22.6 Å². The standard InChI is InChI=1S/C27H26N6O5S/c1-16(34)30-23-13-21(18(14-29-23)20-8-9-22-26(32-20)37-15-27(2,3)38-22)31-24-11-17(19-7-5-6-10-28-19)12-25(33-24)39(4,35)36/h5-14H,15H2,1-4H3,(H2,29,30,31,33,34). The minimum atomic E-state index is -3.65. The van der Waals surface area contributed by atoms with Gasteiger partial charge in [-0.05, 0) is 50.2 Å². The third-order valence-electron chi connectivity index (χ3n) is 5.66. The van der Waals surface area contributed by atoms with E-state index in [1.54, 1.807) is 48.8 Å². The van der Waals surface area contributed by atoms with Crippen LogP contribution in [0.2, 0.25) is 0 Å². The van der Waals surface area contributed by atoms with Crippen LogP contribution in [0.3, 0.4) is 0 Å². The monoisotopic (exact) mass is 546 g/mol. The number of pyridine rings is 4. The number of ether oxygens (including phenoxy) is 2. The van der Waals surface area contributed by atoms with E-state index in [2.05, 4.69) is 30.6 Å². The van der Waals surface area contributed by atoms with Crippen molar-refractivity contribution in [2.24, 2.45) is 0 Å². The smallest absolute Gasteiger partial charge is 0.257 e. The van der Waals surface area contributed by atoms with Gasteiger partial charge in [-0.25, -0.2) is 23.4 Å². The maximum Gasteiger partial charge on any atom is 0.257 e. The molecule has 1 aliphatic heterocycles. The number of nitrogens with zero attached hydrogens (tertiary/aromatic N) is 4. The second-order valence-electron chi connectivity index (χ2n) is 9.64. The van der Waals surface area contributed by atoms with Crippen molar-refractivity contribution in [2.45, 2.75) is 31.4 Å². The number of hydrogen-bond acceptors (Lipinski definition) is 10. The molecule has 4 aromatic heterocycles. The van der Waals surface area contributed by atoms with Gasteiger partial charge in [-0.15, -0.1) is 0 Å². The average Bonchev–Trinajstić information content (AvgIpc) is 2.88. The van der Waals surface area contributed by atoms with Crippen molar-refractivity contribution in [1.29, 1.82) is 0 Å². The van der Waals surface area contributed by atoms with E-state index < -0.39 is 15.4 Å². The third kappa shape index (κ3) is 5.96. The van der Waals surface area contributed by atoms with E-state index in [4.69, 9.17) is 9.47 Å². The van der Waals surface area contributed by atoms with E-state index in [0.717, 1.165) is 6.26 Å². The summed E-state index contributed by atoms with van der Waals surface area (Å²) >= 11 is 0. The number of carbonyl (C=O) groups excluding carboxylic acids is 1. The van der Waals surface area contributed by atoms with Crippen LogP contribution in [-0.4, -0.2) is 52.7 Å². The van der Waals surface area contributed by atoms with Crippen LogP contribution in [0, 0.1) is 0 Å². The molecule has 12 heteroatoms. The molecule has 0 atom stereocenters. The Labute approximate surface area is 225 Å². The fraction of sp³-hybridized carbons (Fsp3) is 0.222. The molecular formula is C27H26N6O5S. The first-order valence-electron chi connectivity index (χ1n) is 12.0. The Morgan fingerprint density at radius 3 is 2.54 bits per heavy atom. The first kappa shape index (κ1) is 26.0. The van der Waals surface area contributed by atoms with Crippen LogP contribution in [0.25, 0.3) is 22.5 Å². The Hall–Kier alpha value is -4.58. The van der Waals surface area contributed by atoms with E-state index in [1.807, 2.05) is 19.9 Å². The number of nitrogens with one attached hydrogen (secondary N) is 2. The van der Waals surface area contributed by atoms with Crippen molar-refractivity contribution in [3.8, 4) is 34.1 Å². The first-order valence-corrected chi connectivity index (χ1v) is 13.9. The molecule has 200 valence electrons. The molecular weight excluding hydrogens is 520 g/mol. The first-order chi connectivity index (χ1) is 18.5. The summed E-state index contributed by atoms with van der Waals surface area (Å²) in [7, 11) is -3.65. The number of sulfone groups is 1. The van der Waals surface area contributed by atoms with Crippen LogP contribution in [0.4, 0.5) is 17.3 Å². The Morgan fingerprint density at radius 2 is 1.82 bits per heavy atom. The lowest BCUT2D eigenvalue weighted by molar-refractivity contribution is -0.114. The minimum absolute atomic E-state index is 0.120. The second-order valence-corrected chi connectivity index (χ2v) is 11.6. The molecule has 0 saturated heterocycles. The van der Waals surface area contributed by atoms with Crippen LogP contribution >= 0.6 is 0 Å². The number of amides is 1. The molecule has 2 N–H and O–H groups in total. The number of fused-ring (bicyclic) bond motifs is 1. The molecule has 1 amide bonds.